The number of aromatic amines is 1. The van der Waals surface area contributed by atoms with Crippen LogP contribution in [0.4, 0.5) is 0 Å². The van der Waals surface area contributed by atoms with Crippen molar-refractivity contribution in [2.45, 2.75) is 57.9 Å². The van der Waals surface area contributed by atoms with Gasteiger partial charge in [0.1, 0.15) is 5.82 Å². The van der Waals surface area contributed by atoms with E-state index in [2.05, 4.69) is 22.2 Å². The van der Waals surface area contributed by atoms with Gasteiger partial charge in [0.05, 0.1) is 5.69 Å². The van der Waals surface area contributed by atoms with Gasteiger partial charge in [0, 0.05) is 18.5 Å². The van der Waals surface area contributed by atoms with Gasteiger partial charge in [-0.25, -0.2) is 4.98 Å². The summed E-state index contributed by atoms with van der Waals surface area (Å²) in [4.78, 5) is 19.2. The predicted octanol–water partition coefficient (Wildman–Crippen LogP) is 2.32. The molecule has 0 unspecified atom stereocenters. The van der Waals surface area contributed by atoms with Crippen molar-refractivity contribution in [3.8, 4) is 0 Å². The van der Waals surface area contributed by atoms with E-state index in [0.717, 1.165) is 37.3 Å². The molecule has 0 aliphatic heterocycles. The Hall–Kier alpha value is -1.16. The number of hydrogen-bond donors (Lipinski definition) is 2. The fraction of sp³-hybridized carbons (Fsp3) is 0.714. The minimum Gasteiger partial charge on any atom is -0.311 e. The molecule has 1 aromatic heterocycles. The second-order valence-electron chi connectivity index (χ2n) is 5.13. The largest absolute Gasteiger partial charge is 0.311 e. The average molecular weight is 249 g/mol. The molecule has 0 amide bonds. The third-order valence-electron chi connectivity index (χ3n) is 3.54. The van der Waals surface area contributed by atoms with E-state index in [9.17, 15) is 4.79 Å². The van der Waals surface area contributed by atoms with Crippen LogP contribution in [-0.2, 0) is 6.54 Å². The molecule has 4 heteroatoms. The van der Waals surface area contributed by atoms with Crippen molar-refractivity contribution in [3.05, 3.63) is 27.9 Å². The fourth-order valence-corrected chi connectivity index (χ4v) is 2.58. The summed E-state index contributed by atoms with van der Waals surface area (Å²) in [5, 5.41) is 3.29. The first-order valence-corrected chi connectivity index (χ1v) is 7.10. The Morgan fingerprint density at radius 1 is 1.39 bits per heavy atom. The van der Waals surface area contributed by atoms with Crippen LogP contribution in [0.15, 0.2) is 10.9 Å². The quantitative estimate of drug-likeness (QED) is 0.787. The van der Waals surface area contributed by atoms with Crippen molar-refractivity contribution in [1.29, 1.82) is 0 Å². The van der Waals surface area contributed by atoms with E-state index in [1.54, 1.807) is 6.07 Å². The number of rotatable bonds is 5. The Morgan fingerprint density at radius 3 is 2.89 bits per heavy atom. The van der Waals surface area contributed by atoms with Gasteiger partial charge in [-0.05, 0) is 25.8 Å². The van der Waals surface area contributed by atoms with Crippen molar-refractivity contribution in [3.63, 3.8) is 0 Å². The molecule has 0 aromatic carbocycles. The molecule has 0 saturated heterocycles. The van der Waals surface area contributed by atoms with Crippen molar-refractivity contribution in [2.75, 3.05) is 6.54 Å². The monoisotopic (exact) mass is 249 g/mol. The SMILES string of the molecule is CCCNCc1cc(=O)[nH]c(C2CCCCC2)n1. The molecule has 1 saturated carbocycles. The summed E-state index contributed by atoms with van der Waals surface area (Å²) in [5.74, 6) is 1.35. The van der Waals surface area contributed by atoms with Gasteiger partial charge < -0.3 is 10.3 Å². The molecule has 0 spiro atoms. The maximum Gasteiger partial charge on any atom is 0.251 e. The summed E-state index contributed by atoms with van der Waals surface area (Å²) in [5.41, 5.74) is 0.853. The van der Waals surface area contributed by atoms with E-state index < -0.39 is 0 Å². The van der Waals surface area contributed by atoms with Gasteiger partial charge >= 0.3 is 0 Å². The molecular weight excluding hydrogens is 226 g/mol. The van der Waals surface area contributed by atoms with Crippen LogP contribution in [0.3, 0.4) is 0 Å². The van der Waals surface area contributed by atoms with E-state index >= 15 is 0 Å². The van der Waals surface area contributed by atoms with Crippen LogP contribution in [-0.4, -0.2) is 16.5 Å². The third kappa shape index (κ3) is 3.67. The number of hydrogen-bond acceptors (Lipinski definition) is 3. The zero-order valence-corrected chi connectivity index (χ0v) is 11.2. The molecule has 2 rings (SSSR count). The van der Waals surface area contributed by atoms with Crippen LogP contribution < -0.4 is 10.9 Å². The maximum atomic E-state index is 11.7. The molecule has 4 nitrogen and oxygen atoms in total. The summed E-state index contributed by atoms with van der Waals surface area (Å²) in [6, 6.07) is 1.61. The Labute approximate surface area is 108 Å². The summed E-state index contributed by atoms with van der Waals surface area (Å²) in [7, 11) is 0. The molecular formula is C14H23N3O. The highest BCUT2D eigenvalue weighted by Crippen LogP contribution is 2.29. The average Bonchev–Trinajstić information content (AvgIpc) is 2.39. The summed E-state index contributed by atoms with van der Waals surface area (Å²) in [6.07, 6.45) is 7.25. The highest BCUT2D eigenvalue weighted by atomic mass is 16.1. The fourth-order valence-electron chi connectivity index (χ4n) is 2.58. The number of nitrogens with one attached hydrogen (secondary N) is 2. The van der Waals surface area contributed by atoms with Gasteiger partial charge in [0.15, 0.2) is 0 Å². The van der Waals surface area contributed by atoms with Crippen molar-refractivity contribution < 1.29 is 0 Å². The van der Waals surface area contributed by atoms with Crippen molar-refractivity contribution in [1.82, 2.24) is 15.3 Å². The first kappa shape index (κ1) is 13.3. The minimum absolute atomic E-state index is 0.0149. The lowest BCUT2D eigenvalue weighted by molar-refractivity contribution is 0.426. The molecule has 2 N–H and O–H groups in total. The number of H-pyrrole nitrogens is 1. The van der Waals surface area contributed by atoms with Crippen molar-refractivity contribution in [2.24, 2.45) is 0 Å². The number of aromatic nitrogens is 2. The highest BCUT2D eigenvalue weighted by Gasteiger charge is 2.18. The molecule has 18 heavy (non-hydrogen) atoms. The number of nitrogens with zero attached hydrogens (tertiary/aromatic N) is 1. The first-order valence-electron chi connectivity index (χ1n) is 7.10. The smallest absolute Gasteiger partial charge is 0.251 e. The van der Waals surface area contributed by atoms with E-state index in [4.69, 9.17) is 0 Å². The Morgan fingerprint density at radius 2 is 2.17 bits per heavy atom. The van der Waals surface area contributed by atoms with Crippen LogP contribution in [0.1, 0.15) is 62.9 Å². The summed E-state index contributed by atoms with van der Waals surface area (Å²) < 4.78 is 0. The molecule has 1 aliphatic carbocycles. The Balaban J connectivity index is 2.07. The van der Waals surface area contributed by atoms with Crippen LogP contribution >= 0.6 is 0 Å². The molecule has 0 bridgehead atoms. The zero-order chi connectivity index (χ0) is 12.8. The van der Waals surface area contributed by atoms with E-state index in [1.165, 1.54) is 19.3 Å². The van der Waals surface area contributed by atoms with Gasteiger partial charge in [-0.1, -0.05) is 26.2 Å². The standard InChI is InChI=1S/C14H23N3O/c1-2-8-15-10-12-9-13(18)17-14(16-12)11-6-4-3-5-7-11/h9,11,15H,2-8,10H2,1H3,(H,16,17,18). The van der Waals surface area contributed by atoms with Crippen LogP contribution in [0, 0.1) is 0 Å². The normalized spacial score (nSPS) is 16.9. The maximum absolute atomic E-state index is 11.7. The van der Waals surface area contributed by atoms with E-state index in [-0.39, 0.29) is 5.56 Å². The Bertz CT molecular complexity index is 421. The highest BCUT2D eigenvalue weighted by molar-refractivity contribution is 5.06. The lowest BCUT2D eigenvalue weighted by atomic mass is 9.88. The first-order chi connectivity index (χ1) is 8.79. The van der Waals surface area contributed by atoms with Crippen LogP contribution in [0.2, 0.25) is 0 Å². The second kappa shape index (κ2) is 6.69. The molecule has 1 aliphatic rings. The molecule has 1 fully saturated rings. The second-order valence-corrected chi connectivity index (χ2v) is 5.13. The van der Waals surface area contributed by atoms with Gasteiger partial charge in [-0.15, -0.1) is 0 Å². The zero-order valence-electron chi connectivity index (χ0n) is 11.2. The van der Waals surface area contributed by atoms with Gasteiger partial charge in [-0.3, -0.25) is 4.79 Å². The Kier molecular flexibility index (Phi) is 4.93. The molecule has 1 heterocycles. The van der Waals surface area contributed by atoms with Crippen molar-refractivity contribution >= 4 is 0 Å². The molecule has 1 aromatic rings. The van der Waals surface area contributed by atoms with Crippen LogP contribution in [0.25, 0.3) is 0 Å². The minimum atomic E-state index is -0.0149. The van der Waals surface area contributed by atoms with Gasteiger partial charge in [0.25, 0.3) is 5.56 Å². The lowest BCUT2D eigenvalue weighted by Crippen LogP contribution is -2.21. The molecule has 0 radical (unpaired) electrons. The van der Waals surface area contributed by atoms with E-state index in [0.29, 0.717) is 12.5 Å². The topological polar surface area (TPSA) is 57.8 Å². The van der Waals surface area contributed by atoms with Crippen LogP contribution in [0.5, 0.6) is 0 Å². The lowest BCUT2D eigenvalue weighted by Gasteiger charge is -2.20. The summed E-state index contributed by atoms with van der Waals surface area (Å²) in [6.45, 7) is 3.79. The molecule has 0 atom stereocenters. The summed E-state index contributed by atoms with van der Waals surface area (Å²) >= 11 is 0. The third-order valence-corrected chi connectivity index (χ3v) is 3.54. The van der Waals surface area contributed by atoms with Gasteiger partial charge in [-0.2, -0.15) is 0 Å². The van der Waals surface area contributed by atoms with Gasteiger partial charge in [0.2, 0.25) is 0 Å². The molecule has 100 valence electrons. The predicted molar refractivity (Wildman–Crippen MR) is 72.7 cm³/mol. The van der Waals surface area contributed by atoms with E-state index in [1.807, 2.05) is 0 Å².